The molecular formula is C15H20O3. The molecule has 0 aliphatic rings. The van der Waals surface area contributed by atoms with Crippen LogP contribution in [0, 0.1) is 5.92 Å². The predicted molar refractivity (Wildman–Crippen MR) is 69.9 cm³/mol. The fraction of sp³-hybridized carbons (Fsp3) is 0.467. The second kappa shape index (κ2) is 7.64. The standard InChI is InChI=1S/C15H20O3/c1-3-12(2)9-14(16)10-15(17)18-11-13-7-5-4-6-8-13/h4-8,12H,3,9-11H2,1-2H3. The van der Waals surface area contributed by atoms with Gasteiger partial charge in [-0.25, -0.2) is 0 Å². The second-order valence-electron chi connectivity index (χ2n) is 4.58. The van der Waals surface area contributed by atoms with Gasteiger partial charge in [0, 0.05) is 6.42 Å². The van der Waals surface area contributed by atoms with Gasteiger partial charge in [0.1, 0.15) is 18.8 Å². The number of carbonyl (C=O) groups is 2. The number of rotatable bonds is 7. The molecule has 1 rings (SSSR count). The van der Waals surface area contributed by atoms with Crippen LogP contribution in [0.25, 0.3) is 0 Å². The molecule has 0 N–H and O–H groups in total. The van der Waals surface area contributed by atoms with Gasteiger partial charge in [0.25, 0.3) is 0 Å². The van der Waals surface area contributed by atoms with Crippen LogP contribution in [0.3, 0.4) is 0 Å². The lowest BCUT2D eigenvalue weighted by atomic mass is 10.0. The summed E-state index contributed by atoms with van der Waals surface area (Å²) in [5.74, 6) is -0.144. The van der Waals surface area contributed by atoms with Crippen LogP contribution in [0.5, 0.6) is 0 Å². The molecule has 0 aliphatic carbocycles. The summed E-state index contributed by atoms with van der Waals surface area (Å²) in [6.45, 7) is 4.27. The zero-order chi connectivity index (χ0) is 13.4. The average Bonchev–Trinajstić information content (AvgIpc) is 2.37. The quantitative estimate of drug-likeness (QED) is 0.550. The molecule has 0 bridgehead atoms. The summed E-state index contributed by atoms with van der Waals surface area (Å²) in [6.07, 6.45) is 1.29. The maximum atomic E-state index is 11.5. The summed E-state index contributed by atoms with van der Waals surface area (Å²) in [7, 11) is 0. The van der Waals surface area contributed by atoms with E-state index < -0.39 is 5.97 Å². The molecule has 3 nitrogen and oxygen atoms in total. The zero-order valence-corrected chi connectivity index (χ0v) is 11.0. The van der Waals surface area contributed by atoms with E-state index in [2.05, 4.69) is 0 Å². The van der Waals surface area contributed by atoms with Crippen molar-refractivity contribution >= 4 is 11.8 Å². The summed E-state index contributed by atoms with van der Waals surface area (Å²) in [5.41, 5.74) is 0.931. The van der Waals surface area contributed by atoms with Gasteiger partial charge < -0.3 is 4.74 Å². The topological polar surface area (TPSA) is 43.4 Å². The van der Waals surface area contributed by atoms with E-state index in [1.54, 1.807) is 0 Å². The first-order chi connectivity index (χ1) is 8.61. The fourth-order valence-corrected chi connectivity index (χ4v) is 1.56. The third-order valence-corrected chi connectivity index (χ3v) is 2.86. The summed E-state index contributed by atoms with van der Waals surface area (Å²) in [6, 6.07) is 9.44. The van der Waals surface area contributed by atoms with Gasteiger partial charge in [0.15, 0.2) is 0 Å². The summed E-state index contributed by atoms with van der Waals surface area (Å²) in [4.78, 5) is 23.0. The lowest BCUT2D eigenvalue weighted by Gasteiger charge is -2.07. The Hall–Kier alpha value is -1.64. The third kappa shape index (κ3) is 5.62. The SMILES string of the molecule is CCC(C)CC(=O)CC(=O)OCc1ccccc1. The first-order valence-electron chi connectivity index (χ1n) is 6.33. The average molecular weight is 248 g/mol. The Morgan fingerprint density at radius 3 is 2.50 bits per heavy atom. The number of ether oxygens (including phenoxy) is 1. The Balaban J connectivity index is 2.27. The Labute approximate surface area is 108 Å². The van der Waals surface area contributed by atoms with Crippen molar-refractivity contribution in [1.82, 2.24) is 0 Å². The molecule has 98 valence electrons. The first kappa shape index (κ1) is 14.4. The molecule has 0 heterocycles. The largest absolute Gasteiger partial charge is 0.460 e. The van der Waals surface area contributed by atoms with Gasteiger partial charge >= 0.3 is 5.97 Å². The summed E-state index contributed by atoms with van der Waals surface area (Å²) < 4.78 is 5.05. The van der Waals surface area contributed by atoms with E-state index in [0.717, 1.165) is 12.0 Å². The van der Waals surface area contributed by atoms with Crippen LogP contribution in [0.2, 0.25) is 0 Å². The van der Waals surface area contributed by atoms with E-state index in [-0.39, 0.29) is 18.8 Å². The first-order valence-corrected chi connectivity index (χ1v) is 6.33. The van der Waals surface area contributed by atoms with E-state index in [0.29, 0.717) is 12.3 Å². The minimum absolute atomic E-state index is 0.0394. The number of hydrogen-bond donors (Lipinski definition) is 0. The number of carbonyl (C=O) groups excluding carboxylic acids is 2. The lowest BCUT2D eigenvalue weighted by Crippen LogP contribution is -2.13. The molecule has 0 radical (unpaired) electrons. The molecule has 0 amide bonds. The molecule has 1 atom stereocenters. The van der Waals surface area contributed by atoms with Gasteiger partial charge in [-0.15, -0.1) is 0 Å². The van der Waals surface area contributed by atoms with Gasteiger partial charge in [-0.3, -0.25) is 9.59 Å². The second-order valence-corrected chi connectivity index (χ2v) is 4.58. The number of Topliss-reactive ketones (excluding diaryl/α,β-unsaturated/α-hetero) is 1. The zero-order valence-electron chi connectivity index (χ0n) is 11.0. The number of ketones is 1. The van der Waals surface area contributed by atoms with E-state index in [9.17, 15) is 9.59 Å². The molecule has 0 saturated carbocycles. The van der Waals surface area contributed by atoms with E-state index in [1.165, 1.54) is 0 Å². The fourth-order valence-electron chi connectivity index (χ4n) is 1.56. The van der Waals surface area contributed by atoms with Crippen molar-refractivity contribution in [2.75, 3.05) is 0 Å². The Morgan fingerprint density at radius 2 is 1.89 bits per heavy atom. The lowest BCUT2D eigenvalue weighted by molar-refractivity contribution is -0.147. The van der Waals surface area contributed by atoms with Gasteiger partial charge in [-0.2, -0.15) is 0 Å². The van der Waals surface area contributed by atoms with E-state index in [4.69, 9.17) is 4.74 Å². The maximum absolute atomic E-state index is 11.5. The minimum atomic E-state index is -0.438. The molecule has 0 fully saturated rings. The normalized spacial score (nSPS) is 11.9. The molecule has 0 aliphatic heterocycles. The van der Waals surface area contributed by atoms with Crippen LogP contribution in [0.15, 0.2) is 30.3 Å². The van der Waals surface area contributed by atoms with Crippen molar-refractivity contribution in [2.24, 2.45) is 5.92 Å². The number of benzene rings is 1. The molecule has 1 unspecified atom stereocenters. The van der Waals surface area contributed by atoms with E-state index >= 15 is 0 Å². The Morgan fingerprint density at radius 1 is 1.22 bits per heavy atom. The van der Waals surface area contributed by atoms with Crippen molar-refractivity contribution in [3.63, 3.8) is 0 Å². The van der Waals surface area contributed by atoms with Crippen LogP contribution >= 0.6 is 0 Å². The van der Waals surface area contributed by atoms with Crippen LogP contribution in [-0.2, 0) is 20.9 Å². The third-order valence-electron chi connectivity index (χ3n) is 2.86. The Kier molecular flexibility index (Phi) is 6.12. The highest BCUT2D eigenvalue weighted by Crippen LogP contribution is 2.09. The Bertz CT molecular complexity index is 384. The highest BCUT2D eigenvalue weighted by molar-refractivity contribution is 5.95. The molecule has 0 aromatic heterocycles. The van der Waals surface area contributed by atoms with E-state index in [1.807, 2.05) is 44.2 Å². The van der Waals surface area contributed by atoms with Gasteiger partial charge in [-0.05, 0) is 11.5 Å². The van der Waals surface area contributed by atoms with Crippen molar-refractivity contribution in [2.45, 2.75) is 39.7 Å². The molecule has 0 saturated heterocycles. The smallest absolute Gasteiger partial charge is 0.313 e. The van der Waals surface area contributed by atoms with Crippen LogP contribution < -0.4 is 0 Å². The number of esters is 1. The molecule has 0 spiro atoms. The van der Waals surface area contributed by atoms with Crippen molar-refractivity contribution < 1.29 is 14.3 Å². The van der Waals surface area contributed by atoms with Gasteiger partial charge in [-0.1, -0.05) is 50.6 Å². The molecule has 18 heavy (non-hydrogen) atoms. The molecular weight excluding hydrogens is 228 g/mol. The monoisotopic (exact) mass is 248 g/mol. The van der Waals surface area contributed by atoms with Crippen LogP contribution in [0.1, 0.15) is 38.7 Å². The highest BCUT2D eigenvalue weighted by atomic mass is 16.5. The molecule has 3 heteroatoms. The van der Waals surface area contributed by atoms with Crippen LogP contribution in [0.4, 0.5) is 0 Å². The predicted octanol–water partition coefficient (Wildman–Crippen LogP) is 3.13. The van der Waals surface area contributed by atoms with Gasteiger partial charge in [0.05, 0.1) is 0 Å². The summed E-state index contributed by atoms with van der Waals surface area (Å²) >= 11 is 0. The summed E-state index contributed by atoms with van der Waals surface area (Å²) in [5, 5.41) is 0. The van der Waals surface area contributed by atoms with Crippen molar-refractivity contribution in [3.8, 4) is 0 Å². The highest BCUT2D eigenvalue weighted by Gasteiger charge is 2.13. The molecule has 1 aromatic carbocycles. The minimum Gasteiger partial charge on any atom is -0.460 e. The van der Waals surface area contributed by atoms with Crippen molar-refractivity contribution in [1.29, 1.82) is 0 Å². The van der Waals surface area contributed by atoms with Crippen LogP contribution in [-0.4, -0.2) is 11.8 Å². The maximum Gasteiger partial charge on any atom is 0.313 e. The van der Waals surface area contributed by atoms with Gasteiger partial charge in [0.2, 0.25) is 0 Å². The van der Waals surface area contributed by atoms with Crippen molar-refractivity contribution in [3.05, 3.63) is 35.9 Å². The molecule has 1 aromatic rings. The number of hydrogen-bond acceptors (Lipinski definition) is 3.